The fourth-order valence-electron chi connectivity index (χ4n) is 3.55. The minimum Gasteiger partial charge on any atom is -0.490 e. The number of pyridine rings is 1. The molecule has 3 rings (SSSR count). The second kappa shape index (κ2) is 11.8. The molecule has 8 nitrogen and oxygen atoms in total. The highest BCUT2D eigenvalue weighted by atomic mass is 19.1. The Morgan fingerprint density at radius 2 is 2.06 bits per heavy atom. The third-order valence-electron chi connectivity index (χ3n) is 5.09. The molecule has 0 radical (unpaired) electrons. The maximum atomic E-state index is 14.6. The predicted octanol–water partition coefficient (Wildman–Crippen LogP) is 4.35. The van der Waals surface area contributed by atoms with Crippen LogP contribution in [-0.2, 0) is 9.53 Å². The molecule has 0 amide bonds. The van der Waals surface area contributed by atoms with Gasteiger partial charge in [-0.25, -0.2) is 13.8 Å². The van der Waals surface area contributed by atoms with E-state index in [4.69, 9.17) is 18.9 Å². The van der Waals surface area contributed by atoms with E-state index in [1.54, 1.807) is 19.9 Å². The number of piperidine rings is 1. The largest absolute Gasteiger partial charge is 0.490 e. The first kappa shape index (κ1) is 25.5. The van der Waals surface area contributed by atoms with E-state index < -0.39 is 17.7 Å². The molecule has 2 atom stereocenters. The van der Waals surface area contributed by atoms with Gasteiger partial charge in [-0.3, -0.25) is 4.79 Å². The van der Waals surface area contributed by atoms with Gasteiger partial charge < -0.3 is 29.6 Å². The molecule has 2 heterocycles. The molecule has 0 bridgehead atoms. The molecule has 10 heteroatoms. The molecule has 2 unspecified atom stereocenters. The van der Waals surface area contributed by atoms with Crippen molar-refractivity contribution in [3.63, 3.8) is 0 Å². The van der Waals surface area contributed by atoms with E-state index in [-0.39, 0.29) is 47.8 Å². The zero-order valence-corrected chi connectivity index (χ0v) is 19.8. The van der Waals surface area contributed by atoms with Gasteiger partial charge in [-0.15, -0.1) is 0 Å². The molecule has 34 heavy (non-hydrogen) atoms. The standard InChI is InChI=1S/C24H31F2N3O5/c1-5-10-32-21-13-16(25)18(12-17(21)26)29-23-22(31-4)20(7-9-28-23)34-15-6-8-27-19(11-15)24(30)33-14(2)3/h7,9,12-15,19,27H,5-6,8,10-11H2,1-4H3,(H,28,29). The summed E-state index contributed by atoms with van der Waals surface area (Å²) in [6.07, 6.45) is 2.74. The van der Waals surface area contributed by atoms with Crippen molar-refractivity contribution in [1.82, 2.24) is 10.3 Å². The molecule has 1 aromatic carbocycles. The number of hydrogen-bond acceptors (Lipinski definition) is 8. The number of esters is 1. The van der Waals surface area contributed by atoms with Crippen LogP contribution in [-0.4, -0.2) is 49.5 Å². The number of rotatable bonds is 10. The van der Waals surface area contributed by atoms with E-state index in [1.165, 1.54) is 13.3 Å². The average Bonchev–Trinajstić information content (AvgIpc) is 2.80. The Morgan fingerprint density at radius 3 is 2.76 bits per heavy atom. The SMILES string of the molecule is CCCOc1cc(F)c(Nc2nccc(OC3CCNC(C(=O)OC(C)C)C3)c2OC)cc1F. The second-order valence-corrected chi connectivity index (χ2v) is 8.18. The molecule has 2 N–H and O–H groups in total. The normalized spacial score (nSPS) is 17.9. The van der Waals surface area contributed by atoms with E-state index in [1.807, 2.05) is 6.92 Å². The van der Waals surface area contributed by atoms with Gasteiger partial charge in [0.25, 0.3) is 0 Å². The highest BCUT2D eigenvalue weighted by Crippen LogP contribution is 2.37. The average molecular weight is 480 g/mol. The smallest absolute Gasteiger partial charge is 0.323 e. The Kier molecular flexibility index (Phi) is 8.86. The molecule has 1 fully saturated rings. The van der Waals surface area contributed by atoms with Crippen molar-refractivity contribution < 1.29 is 32.5 Å². The minimum absolute atomic E-state index is 0.123. The van der Waals surface area contributed by atoms with Crippen molar-refractivity contribution in [2.24, 2.45) is 0 Å². The van der Waals surface area contributed by atoms with E-state index in [2.05, 4.69) is 15.6 Å². The minimum atomic E-state index is -0.701. The van der Waals surface area contributed by atoms with Crippen LogP contribution in [0.4, 0.5) is 20.3 Å². The van der Waals surface area contributed by atoms with E-state index in [0.717, 1.165) is 12.1 Å². The number of carbonyl (C=O) groups is 1. The van der Waals surface area contributed by atoms with Crippen LogP contribution in [0.2, 0.25) is 0 Å². The lowest BCUT2D eigenvalue weighted by atomic mass is 10.0. The third-order valence-corrected chi connectivity index (χ3v) is 5.09. The zero-order chi connectivity index (χ0) is 24.7. The molecule has 0 aliphatic carbocycles. The molecule has 186 valence electrons. The molecule has 1 aliphatic heterocycles. The summed E-state index contributed by atoms with van der Waals surface area (Å²) in [7, 11) is 1.43. The van der Waals surface area contributed by atoms with Crippen molar-refractivity contribution in [3.8, 4) is 17.2 Å². The molecular formula is C24H31F2N3O5. The number of methoxy groups -OCH3 is 1. The van der Waals surface area contributed by atoms with Gasteiger partial charge in [0, 0.05) is 30.8 Å². The second-order valence-electron chi connectivity index (χ2n) is 8.18. The first-order chi connectivity index (χ1) is 16.3. The molecule has 2 aromatic rings. The van der Waals surface area contributed by atoms with E-state index in [0.29, 0.717) is 31.6 Å². The van der Waals surface area contributed by atoms with Crippen LogP contribution in [0, 0.1) is 11.6 Å². The van der Waals surface area contributed by atoms with Crippen molar-refractivity contribution in [2.45, 2.75) is 58.3 Å². The van der Waals surface area contributed by atoms with Crippen molar-refractivity contribution >= 4 is 17.5 Å². The first-order valence-corrected chi connectivity index (χ1v) is 11.3. The maximum Gasteiger partial charge on any atom is 0.323 e. The van der Waals surface area contributed by atoms with Crippen LogP contribution in [0.3, 0.4) is 0 Å². The summed E-state index contributed by atoms with van der Waals surface area (Å²) in [6.45, 7) is 6.33. The van der Waals surface area contributed by atoms with Crippen LogP contribution in [0.1, 0.15) is 40.0 Å². The fourth-order valence-corrected chi connectivity index (χ4v) is 3.55. The highest BCUT2D eigenvalue weighted by molar-refractivity contribution is 5.76. The maximum absolute atomic E-state index is 14.6. The van der Waals surface area contributed by atoms with E-state index in [9.17, 15) is 13.6 Å². The summed E-state index contributed by atoms with van der Waals surface area (Å²) in [6, 6.07) is 3.14. The van der Waals surface area contributed by atoms with Crippen LogP contribution in [0.25, 0.3) is 0 Å². The Labute approximate surface area is 197 Å². The summed E-state index contributed by atoms with van der Waals surface area (Å²) >= 11 is 0. The summed E-state index contributed by atoms with van der Waals surface area (Å²) in [5.41, 5.74) is -0.123. The van der Waals surface area contributed by atoms with Gasteiger partial charge in [-0.1, -0.05) is 6.92 Å². The summed E-state index contributed by atoms with van der Waals surface area (Å²) in [5.74, 6) is -1.12. The zero-order valence-electron chi connectivity index (χ0n) is 19.8. The number of nitrogens with zero attached hydrogens (tertiary/aromatic N) is 1. The summed E-state index contributed by atoms with van der Waals surface area (Å²) < 4.78 is 51.1. The number of carbonyl (C=O) groups excluding carboxylic acids is 1. The Bertz CT molecular complexity index is 989. The molecule has 1 aliphatic rings. The topological polar surface area (TPSA) is 90.9 Å². The van der Waals surface area contributed by atoms with Crippen LogP contribution in [0.5, 0.6) is 17.2 Å². The molecule has 0 saturated carbocycles. The monoisotopic (exact) mass is 479 g/mol. The molecular weight excluding hydrogens is 448 g/mol. The van der Waals surface area contributed by atoms with E-state index >= 15 is 0 Å². The third kappa shape index (κ3) is 6.47. The number of nitrogens with one attached hydrogen (secondary N) is 2. The number of benzene rings is 1. The van der Waals surface area contributed by atoms with Gasteiger partial charge in [-0.05, 0) is 33.2 Å². The van der Waals surface area contributed by atoms with Gasteiger partial charge in [0.05, 0.1) is 25.5 Å². The van der Waals surface area contributed by atoms with Gasteiger partial charge >= 0.3 is 5.97 Å². The van der Waals surface area contributed by atoms with Crippen molar-refractivity contribution in [3.05, 3.63) is 36.0 Å². The number of hydrogen-bond donors (Lipinski definition) is 2. The lowest BCUT2D eigenvalue weighted by Crippen LogP contribution is -2.48. The van der Waals surface area contributed by atoms with Crippen LogP contribution < -0.4 is 24.8 Å². The molecule has 0 spiro atoms. The van der Waals surface area contributed by atoms with Gasteiger partial charge in [-0.2, -0.15) is 0 Å². The van der Waals surface area contributed by atoms with Crippen LogP contribution in [0.15, 0.2) is 24.4 Å². The number of anilines is 2. The van der Waals surface area contributed by atoms with Gasteiger partial charge in [0.15, 0.2) is 29.0 Å². The fraction of sp³-hybridized carbons (Fsp3) is 0.500. The molecule has 1 aromatic heterocycles. The van der Waals surface area contributed by atoms with Crippen LogP contribution >= 0.6 is 0 Å². The Balaban J connectivity index is 1.76. The first-order valence-electron chi connectivity index (χ1n) is 11.3. The Morgan fingerprint density at radius 1 is 1.26 bits per heavy atom. The van der Waals surface area contributed by atoms with Crippen molar-refractivity contribution in [2.75, 3.05) is 25.6 Å². The summed E-state index contributed by atoms with van der Waals surface area (Å²) in [5, 5.41) is 5.91. The van der Waals surface area contributed by atoms with Gasteiger partial charge in [0.2, 0.25) is 5.75 Å². The lowest BCUT2D eigenvalue weighted by molar-refractivity contribution is -0.151. The molecule has 1 saturated heterocycles. The summed E-state index contributed by atoms with van der Waals surface area (Å²) in [4.78, 5) is 16.5. The number of ether oxygens (including phenoxy) is 4. The highest BCUT2D eigenvalue weighted by Gasteiger charge is 2.30. The van der Waals surface area contributed by atoms with Crippen molar-refractivity contribution in [1.29, 1.82) is 0 Å². The quantitative estimate of drug-likeness (QED) is 0.486. The Hall–Kier alpha value is -3.14. The van der Waals surface area contributed by atoms with Gasteiger partial charge in [0.1, 0.15) is 12.1 Å². The lowest BCUT2D eigenvalue weighted by Gasteiger charge is -2.30. The number of halogens is 2. The number of aromatic nitrogens is 1. The predicted molar refractivity (Wildman–Crippen MR) is 123 cm³/mol.